The molecule has 9 heteroatoms. The predicted molar refractivity (Wildman–Crippen MR) is 137 cm³/mol. The van der Waals surface area contributed by atoms with E-state index in [0.29, 0.717) is 30.9 Å². The number of piperidine rings is 2. The van der Waals surface area contributed by atoms with Gasteiger partial charge in [-0.25, -0.2) is 0 Å². The van der Waals surface area contributed by atoms with Crippen LogP contribution in [0.5, 0.6) is 5.75 Å². The van der Waals surface area contributed by atoms with Crippen molar-refractivity contribution in [2.45, 2.75) is 44.2 Å². The van der Waals surface area contributed by atoms with E-state index < -0.39 is 11.9 Å². The normalized spacial score (nSPS) is 23.9. The minimum atomic E-state index is -0.646. The van der Waals surface area contributed by atoms with Crippen molar-refractivity contribution in [1.29, 1.82) is 5.26 Å². The molecule has 3 heterocycles. The number of hydrogen-bond acceptors (Lipinski definition) is 6. The smallest absolute Gasteiger partial charge is 0.255 e. The van der Waals surface area contributed by atoms with Gasteiger partial charge in [-0.15, -0.1) is 0 Å². The number of fused-ring (bicyclic) bond motifs is 1. The second-order valence-electron chi connectivity index (χ2n) is 9.84. The SMILES string of the molecule is N#C[C@@H]1CN(CCCOc2cccc3c2CN(C2CCC(=O)NC2=O)C3=O)CCC1c1ccccc1Cl. The number of hydrogen-bond donors (Lipinski definition) is 1. The summed E-state index contributed by atoms with van der Waals surface area (Å²) in [5.41, 5.74) is 2.38. The van der Waals surface area contributed by atoms with Gasteiger partial charge in [0.2, 0.25) is 11.8 Å². The maximum absolute atomic E-state index is 13.0. The van der Waals surface area contributed by atoms with Gasteiger partial charge in [-0.05, 0) is 49.6 Å². The summed E-state index contributed by atoms with van der Waals surface area (Å²) in [6.45, 7) is 3.16. The fourth-order valence-electron chi connectivity index (χ4n) is 5.66. The van der Waals surface area contributed by atoms with Crippen LogP contribution in [0.15, 0.2) is 42.5 Å². The lowest BCUT2D eigenvalue weighted by Gasteiger charge is -2.36. The highest BCUT2D eigenvalue weighted by Crippen LogP contribution is 2.37. The molecule has 3 amide bonds. The maximum atomic E-state index is 13.0. The molecular weight excluding hydrogens is 492 g/mol. The summed E-state index contributed by atoms with van der Waals surface area (Å²) >= 11 is 6.40. The van der Waals surface area contributed by atoms with Crippen molar-refractivity contribution < 1.29 is 19.1 Å². The molecule has 2 fully saturated rings. The average molecular weight is 521 g/mol. The Kier molecular flexibility index (Phi) is 7.45. The molecule has 2 saturated heterocycles. The number of rotatable bonds is 7. The Morgan fingerprint density at radius 1 is 1.11 bits per heavy atom. The fraction of sp³-hybridized carbons (Fsp3) is 0.429. The van der Waals surface area contributed by atoms with Gasteiger partial charge in [0.05, 0.1) is 25.1 Å². The quantitative estimate of drug-likeness (QED) is 0.443. The predicted octanol–water partition coefficient (Wildman–Crippen LogP) is 3.50. The number of amides is 3. The Labute approximate surface area is 221 Å². The summed E-state index contributed by atoms with van der Waals surface area (Å²) in [6.07, 6.45) is 2.22. The molecule has 2 aromatic carbocycles. The van der Waals surface area contributed by atoms with Crippen LogP contribution in [0.2, 0.25) is 5.02 Å². The monoisotopic (exact) mass is 520 g/mol. The first kappa shape index (κ1) is 25.2. The zero-order valence-corrected chi connectivity index (χ0v) is 21.2. The molecule has 3 aliphatic rings. The third-order valence-electron chi connectivity index (χ3n) is 7.58. The zero-order chi connectivity index (χ0) is 25.9. The molecular formula is C28H29ClN4O4. The molecule has 0 radical (unpaired) electrons. The van der Waals surface area contributed by atoms with E-state index in [1.165, 1.54) is 4.90 Å². The van der Waals surface area contributed by atoms with Gasteiger partial charge in [0, 0.05) is 41.6 Å². The van der Waals surface area contributed by atoms with Crippen molar-refractivity contribution in [3.8, 4) is 11.8 Å². The third kappa shape index (κ3) is 5.20. The van der Waals surface area contributed by atoms with Crippen molar-refractivity contribution in [3.05, 3.63) is 64.2 Å². The summed E-state index contributed by atoms with van der Waals surface area (Å²) in [5.74, 6) is -0.261. The van der Waals surface area contributed by atoms with E-state index in [-0.39, 0.29) is 36.6 Å². The van der Waals surface area contributed by atoms with Crippen LogP contribution in [0.3, 0.4) is 0 Å². The molecule has 8 nitrogen and oxygen atoms in total. The van der Waals surface area contributed by atoms with Crippen LogP contribution in [-0.2, 0) is 16.1 Å². The summed E-state index contributed by atoms with van der Waals surface area (Å²) in [4.78, 5) is 40.6. The number of benzene rings is 2. The number of imide groups is 1. The number of nitrogens with one attached hydrogen (secondary N) is 1. The average Bonchev–Trinajstić information content (AvgIpc) is 3.23. The van der Waals surface area contributed by atoms with Crippen LogP contribution in [0.4, 0.5) is 0 Å². The van der Waals surface area contributed by atoms with Gasteiger partial charge in [-0.1, -0.05) is 35.9 Å². The Hall–Kier alpha value is -3.41. The van der Waals surface area contributed by atoms with Gasteiger partial charge in [0.1, 0.15) is 11.8 Å². The van der Waals surface area contributed by atoms with Crippen molar-refractivity contribution in [3.63, 3.8) is 0 Å². The highest BCUT2D eigenvalue weighted by molar-refractivity contribution is 6.31. The lowest BCUT2D eigenvalue weighted by atomic mass is 9.81. The highest BCUT2D eigenvalue weighted by Gasteiger charge is 2.40. The molecule has 0 aromatic heterocycles. The molecule has 3 aliphatic heterocycles. The van der Waals surface area contributed by atoms with Crippen LogP contribution in [0.25, 0.3) is 0 Å². The van der Waals surface area contributed by atoms with Crippen LogP contribution < -0.4 is 10.1 Å². The van der Waals surface area contributed by atoms with E-state index >= 15 is 0 Å². The first-order valence-electron chi connectivity index (χ1n) is 12.7. The summed E-state index contributed by atoms with van der Waals surface area (Å²) < 4.78 is 6.08. The molecule has 0 spiro atoms. The highest BCUT2D eigenvalue weighted by atomic mass is 35.5. The Morgan fingerprint density at radius 3 is 2.73 bits per heavy atom. The molecule has 3 atom stereocenters. The van der Waals surface area contributed by atoms with E-state index in [1.807, 2.05) is 30.3 Å². The van der Waals surface area contributed by atoms with Crippen LogP contribution in [0, 0.1) is 17.2 Å². The lowest BCUT2D eigenvalue weighted by Crippen LogP contribution is -2.52. The van der Waals surface area contributed by atoms with Crippen LogP contribution in [-0.4, -0.2) is 59.8 Å². The molecule has 37 heavy (non-hydrogen) atoms. The number of ether oxygens (including phenoxy) is 1. The second-order valence-corrected chi connectivity index (χ2v) is 10.2. The fourth-order valence-corrected chi connectivity index (χ4v) is 5.94. The Balaban J connectivity index is 1.15. The molecule has 0 aliphatic carbocycles. The van der Waals surface area contributed by atoms with Crippen molar-refractivity contribution in [1.82, 2.24) is 15.1 Å². The first-order chi connectivity index (χ1) is 18.0. The summed E-state index contributed by atoms with van der Waals surface area (Å²) in [7, 11) is 0. The molecule has 2 unspecified atom stereocenters. The minimum absolute atomic E-state index is 0.115. The van der Waals surface area contributed by atoms with Gasteiger partial charge in [0.15, 0.2) is 0 Å². The molecule has 0 saturated carbocycles. The van der Waals surface area contributed by atoms with E-state index in [2.05, 4.69) is 16.3 Å². The molecule has 2 aromatic rings. The maximum Gasteiger partial charge on any atom is 0.255 e. The van der Waals surface area contributed by atoms with Gasteiger partial charge in [-0.2, -0.15) is 5.26 Å². The molecule has 5 rings (SSSR count). The summed E-state index contributed by atoms with van der Waals surface area (Å²) in [6, 6.07) is 15.0. The first-order valence-corrected chi connectivity index (χ1v) is 13.1. The lowest BCUT2D eigenvalue weighted by molar-refractivity contribution is -0.136. The summed E-state index contributed by atoms with van der Waals surface area (Å²) in [5, 5.41) is 12.8. The van der Waals surface area contributed by atoms with Crippen molar-refractivity contribution in [2.24, 2.45) is 5.92 Å². The Morgan fingerprint density at radius 2 is 1.95 bits per heavy atom. The van der Waals surface area contributed by atoms with Crippen molar-refractivity contribution in [2.75, 3.05) is 26.2 Å². The molecule has 1 N–H and O–H groups in total. The standard InChI is InChI=1S/C28H29ClN4O4/c29-23-7-2-1-5-20(23)19-11-13-32(16-18(19)15-30)12-4-14-37-25-8-3-6-21-22(25)17-33(28(21)36)24-9-10-26(34)31-27(24)35/h1-3,5-8,18-19,24H,4,9-14,16-17H2,(H,31,34,35)/t18-,19?,24?/m1/s1. The number of halogens is 1. The molecule has 0 bridgehead atoms. The number of carbonyl (C=O) groups is 3. The number of nitrogens with zero attached hydrogens (tertiary/aromatic N) is 3. The van der Waals surface area contributed by atoms with E-state index in [4.69, 9.17) is 16.3 Å². The van der Waals surface area contributed by atoms with Gasteiger partial charge < -0.3 is 14.5 Å². The number of likely N-dealkylation sites (tertiary alicyclic amines) is 1. The second kappa shape index (κ2) is 10.9. The minimum Gasteiger partial charge on any atom is -0.493 e. The van der Waals surface area contributed by atoms with Crippen LogP contribution in [0.1, 0.15) is 53.1 Å². The zero-order valence-electron chi connectivity index (χ0n) is 20.5. The van der Waals surface area contributed by atoms with Crippen molar-refractivity contribution >= 4 is 29.3 Å². The Bertz CT molecular complexity index is 1260. The largest absolute Gasteiger partial charge is 0.493 e. The number of carbonyl (C=O) groups excluding carboxylic acids is 3. The van der Waals surface area contributed by atoms with Gasteiger partial charge >= 0.3 is 0 Å². The van der Waals surface area contributed by atoms with Crippen LogP contribution >= 0.6 is 11.6 Å². The molecule has 192 valence electrons. The van der Waals surface area contributed by atoms with Gasteiger partial charge in [-0.3, -0.25) is 19.7 Å². The number of nitriles is 1. The van der Waals surface area contributed by atoms with E-state index in [9.17, 15) is 19.6 Å². The topological polar surface area (TPSA) is 103 Å². The van der Waals surface area contributed by atoms with E-state index in [0.717, 1.165) is 42.1 Å². The third-order valence-corrected chi connectivity index (χ3v) is 7.93. The van der Waals surface area contributed by atoms with Gasteiger partial charge in [0.25, 0.3) is 5.91 Å². The van der Waals surface area contributed by atoms with E-state index in [1.54, 1.807) is 12.1 Å².